The number of nitro benzene ring substituents is 1. The Morgan fingerprint density at radius 3 is 2.39 bits per heavy atom. The van der Waals surface area contributed by atoms with Crippen molar-refractivity contribution in [1.82, 2.24) is 10.2 Å². The Morgan fingerprint density at radius 2 is 1.83 bits per heavy atom. The molecule has 0 radical (unpaired) electrons. The maximum atomic E-state index is 11.0. The van der Waals surface area contributed by atoms with Gasteiger partial charge in [-0.15, -0.1) is 10.2 Å². The maximum Gasteiger partial charge on any atom is 0.269 e. The fourth-order valence-electron chi connectivity index (χ4n) is 3.39. The summed E-state index contributed by atoms with van der Waals surface area (Å²) in [6, 6.07) is 10.9. The second-order valence-corrected chi connectivity index (χ2v) is 15.3. The minimum Gasteiger partial charge on any atom is -0.418 e. The number of nitriles is 1. The first kappa shape index (κ1) is 27.3. The van der Waals surface area contributed by atoms with Crippen molar-refractivity contribution >= 4 is 31.3 Å². The number of aromatic nitrogens is 2. The van der Waals surface area contributed by atoms with E-state index in [2.05, 4.69) is 55.4 Å². The molecule has 0 fully saturated rings. The van der Waals surface area contributed by atoms with Crippen LogP contribution in [0.2, 0.25) is 23.2 Å². The summed E-state index contributed by atoms with van der Waals surface area (Å²) in [7, 11) is -2.16. The molecule has 9 nitrogen and oxygen atoms in total. The number of nitro groups is 1. The van der Waals surface area contributed by atoms with E-state index in [1.807, 2.05) is 13.8 Å². The summed E-state index contributed by atoms with van der Waals surface area (Å²) in [6.45, 7) is 14.6. The monoisotopic (exact) mass is 527 g/mol. The number of hydrogen-bond donors (Lipinski definition) is 1. The molecule has 0 unspecified atom stereocenters. The van der Waals surface area contributed by atoms with E-state index in [1.54, 1.807) is 24.3 Å². The Bertz CT molecular complexity index is 1300. The fraction of sp³-hybridized carbons (Fsp3) is 0.400. The van der Waals surface area contributed by atoms with E-state index in [0.717, 1.165) is 5.56 Å². The molecule has 2 atom stereocenters. The van der Waals surface area contributed by atoms with Gasteiger partial charge in [0.05, 0.1) is 21.6 Å². The fourth-order valence-corrected chi connectivity index (χ4v) is 5.01. The summed E-state index contributed by atoms with van der Waals surface area (Å²) in [5.41, 5.74) is 2.36. The van der Waals surface area contributed by atoms with Gasteiger partial charge in [-0.1, -0.05) is 32.4 Å². The largest absolute Gasteiger partial charge is 0.418 e. The summed E-state index contributed by atoms with van der Waals surface area (Å²) in [4.78, 5) is 10.5. The van der Waals surface area contributed by atoms with Crippen molar-refractivity contribution in [3.05, 3.63) is 68.6 Å². The van der Waals surface area contributed by atoms with Gasteiger partial charge in [0.15, 0.2) is 8.32 Å². The van der Waals surface area contributed by atoms with Crippen LogP contribution in [0.1, 0.15) is 50.8 Å². The molecular formula is C25H30ClN5O4Si. The predicted molar refractivity (Wildman–Crippen MR) is 141 cm³/mol. The van der Waals surface area contributed by atoms with Gasteiger partial charge in [0.1, 0.15) is 12.1 Å². The molecule has 0 aliphatic heterocycles. The number of anilines is 1. The van der Waals surface area contributed by atoms with Crippen LogP contribution in [0.25, 0.3) is 11.5 Å². The molecule has 0 amide bonds. The number of halogens is 1. The van der Waals surface area contributed by atoms with E-state index in [9.17, 15) is 15.4 Å². The van der Waals surface area contributed by atoms with E-state index in [-0.39, 0.29) is 22.7 Å². The van der Waals surface area contributed by atoms with Gasteiger partial charge in [-0.05, 0) is 61.8 Å². The summed E-state index contributed by atoms with van der Waals surface area (Å²) in [6.07, 6.45) is -0.357. The first-order chi connectivity index (χ1) is 16.7. The highest BCUT2D eigenvalue weighted by atomic mass is 35.5. The third-order valence-electron chi connectivity index (χ3n) is 6.61. The van der Waals surface area contributed by atoms with Crippen molar-refractivity contribution in [1.29, 1.82) is 5.26 Å². The molecule has 36 heavy (non-hydrogen) atoms. The van der Waals surface area contributed by atoms with E-state index in [1.165, 1.54) is 12.1 Å². The molecule has 11 heteroatoms. The molecule has 0 spiro atoms. The third-order valence-corrected chi connectivity index (χ3v) is 11.7. The Labute approximate surface area is 216 Å². The minimum absolute atomic E-state index is 0.0156. The van der Waals surface area contributed by atoms with Crippen LogP contribution in [0.15, 0.2) is 40.8 Å². The van der Waals surface area contributed by atoms with E-state index in [0.29, 0.717) is 27.7 Å². The van der Waals surface area contributed by atoms with Crippen LogP contribution in [-0.2, 0) is 4.43 Å². The van der Waals surface area contributed by atoms with Crippen LogP contribution in [-0.4, -0.2) is 29.5 Å². The zero-order valence-electron chi connectivity index (χ0n) is 21.4. The highest BCUT2D eigenvalue weighted by Crippen LogP contribution is 2.40. The van der Waals surface area contributed by atoms with Gasteiger partial charge in [-0.2, -0.15) is 5.26 Å². The lowest BCUT2D eigenvalue weighted by Crippen LogP contribution is -2.45. The maximum absolute atomic E-state index is 11.0. The highest BCUT2D eigenvalue weighted by molar-refractivity contribution is 6.74. The number of nitrogens with one attached hydrogen (secondary N) is 1. The van der Waals surface area contributed by atoms with E-state index < -0.39 is 19.3 Å². The SMILES string of the molecule is Cc1c(N[C@@H](c2nnc(-c3ccc([N+](=O)[O-])cc3)o2)[C@H](C)O[Si](C)(C)C(C)(C)C)ccc(C#N)c1Cl. The number of benzene rings is 2. The molecule has 3 aromatic rings. The Kier molecular flexibility index (Phi) is 7.88. The summed E-state index contributed by atoms with van der Waals surface area (Å²) in [5.74, 6) is 0.537. The van der Waals surface area contributed by atoms with Crippen molar-refractivity contribution < 1.29 is 13.8 Å². The molecule has 1 heterocycles. The molecular weight excluding hydrogens is 498 g/mol. The molecule has 3 rings (SSSR count). The van der Waals surface area contributed by atoms with Crippen LogP contribution in [0.3, 0.4) is 0 Å². The molecule has 0 saturated carbocycles. The quantitative estimate of drug-likeness (QED) is 0.187. The summed E-state index contributed by atoms with van der Waals surface area (Å²) < 4.78 is 12.7. The Hall–Kier alpha value is -3.26. The van der Waals surface area contributed by atoms with Crippen LogP contribution >= 0.6 is 11.6 Å². The lowest BCUT2D eigenvalue weighted by molar-refractivity contribution is -0.384. The highest BCUT2D eigenvalue weighted by Gasteiger charge is 2.41. The van der Waals surface area contributed by atoms with Gasteiger partial charge >= 0.3 is 0 Å². The summed E-state index contributed by atoms with van der Waals surface area (Å²) in [5, 5.41) is 32.5. The van der Waals surface area contributed by atoms with Gasteiger partial charge in [0.25, 0.3) is 5.69 Å². The van der Waals surface area contributed by atoms with Crippen molar-refractivity contribution in [3.8, 4) is 17.5 Å². The van der Waals surface area contributed by atoms with Crippen molar-refractivity contribution in [2.75, 3.05) is 5.32 Å². The van der Waals surface area contributed by atoms with Crippen molar-refractivity contribution in [2.45, 2.75) is 64.9 Å². The third kappa shape index (κ3) is 5.75. The zero-order chi connectivity index (χ0) is 26.8. The predicted octanol–water partition coefficient (Wildman–Crippen LogP) is 7.04. The lowest BCUT2D eigenvalue weighted by Gasteiger charge is -2.40. The molecule has 2 aromatic carbocycles. The lowest BCUT2D eigenvalue weighted by atomic mass is 10.1. The van der Waals surface area contributed by atoms with E-state index >= 15 is 0 Å². The first-order valence-corrected chi connectivity index (χ1v) is 14.8. The van der Waals surface area contributed by atoms with Crippen LogP contribution in [0.5, 0.6) is 0 Å². The van der Waals surface area contributed by atoms with Gasteiger partial charge in [0.2, 0.25) is 11.8 Å². The van der Waals surface area contributed by atoms with Crippen LogP contribution < -0.4 is 5.32 Å². The van der Waals surface area contributed by atoms with Crippen molar-refractivity contribution in [3.63, 3.8) is 0 Å². The number of rotatable bonds is 8. The normalized spacial score (nSPS) is 13.6. The van der Waals surface area contributed by atoms with Gasteiger partial charge < -0.3 is 14.2 Å². The average Bonchev–Trinajstić information content (AvgIpc) is 3.29. The molecule has 0 saturated heterocycles. The number of nitrogens with zero attached hydrogens (tertiary/aromatic N) is 4. The molecule has 190 valence electrons. The van der Waals surface area contributed by atoms with Gasteiger partial charge in [-0.3, -0.25) is 10.1 Å². The standard InChI is InChI=1S/C25H30ClN5O4Si/c1-15-20(13-10-18(14-27)21(15)26)28-22(16(2)35-36(6,7)25(3,4)5)24-30-29-23(34-24)17-8-11-19(12-9-17)31(32)33/h8-13,16,22,28H,1-7H3/t16-,22+/m0/s1. The molecule has 1 aromatic heterocycles. The topological polar surface area (TPSA) is 127 Å². The van der Waals surface area contributed by atoms with Crippen LogP contribution in [0.4, 0.5) is 11.4 Å². The van der Waals surface area contributed by atoms with Crippen molar-refractivity contribution in [2.24, 2.45) is 0 Å². The zero-order valence-corrected chi connectivity index (χ0v) is 23.2. The molecule has 0 aliphatic rings. The van der Waals surface area contributed by atoms with Gasteiger partial charge in [0, 0.05) is 23.4 Å². The Balaban J connectivity index is 2.00. The second-order valence-electron chi connectivity index (χ2n) is 10.2. The molecule has 0 bridgehead atoms. The number of hydrogen-bond acceptors (Lipinski definition) is 8. The smallest absolute Gasteiger partial charge is 0.269 e. The second kappa shape index (κ2) is 10.4. The molecule has 0 aliphatic carbocycles. The first-order valence-electron chi connectivity index (χ1n) is 11.5. The van der Waals surface area contributed by atoms with E-state index in [4.69, 9.17) is 20.4 Å². The number of non-ortho nitro benzene ring substituents is 1. The minimum atomic E-state index is -2.16. The Morgan fingerprint density at radius 1 is 1.19 bits per heavy atom. The summed E-state index contributed by atoms with van der Waals surface area (Å²) >= 11 is 6.41. The average molecular weight is 528 g/mol. The van der Waals surface area contributed by atoms with Gasteiger partial charge in [-0.25, -0.2) is 0 Å². The van der Waals surface area contributed by atoms with Crippen LogP contribution in [0, 0.1) is 28.4 Å². The molecule has 1 N–H and O–H groups in total.